The summed E-state index contributed by atoms with van der Waals surface area (Å²) in [6.07, 6.45) is -0.803. The molecular weight excluding hydrogens is 322 g/mol. The Bertz CT molecular complexity index is 757. The number of hydrogen-bond acceptors (Lipinski definition) is 5. The molecule has 0 saturated heterocycles. The smallest absolute Gasteiger partial charge is 0.303 e. The molecule has 0 N–H and O–H groups in total. The summed E-state index contributed by atoms with van der Waals surface area (Å²) in [6.45, 7) is 5.55. The summed E-state index contributed by atoms with van der Waals surface area (Å²) in [5.74, 6) is -0.506. The third-order valence-electron chi connectivity index (χ3n) is 3.52. The second-order valence-electron chi connectivity index (χ2n) is 5.40. The van der Waals surface area contributed by atoms with Gasteiger partial charge in [-0.15, -0.1) is 0 Å². The summed E-state index contributed by atoms with van der Waals surface area (Å²) >= 11 is 0. The molecule has 0 aliphatic heterocycles. The number of esters is 1. The van der Waals surface area contributed by atoms with Crippen LogP contribution < -0.4 is 0 Å². The highest BCUT2D eigenvalue weighted by Crippen LogP contribution is 2.28. The number of hydrogen-bond donors (Lipinski definition) is 0. The minimum absolute atomic E-state index is 0.0549. The van der Waals surface area contributed by atoms with E-state index in [1.54, 1.807) is 18.2 Å². The molecule has 0 radical (unpaired) electrons. The molecule has 2 aromatic carbocycles. The number of nitro benzene ring substituents is 1. The fourth-order valence-electron chi connectivity index (χ4n) is 2.34. The zero-order valence-corrected chi connectivity index (χ0v) is 13.9. The summed E-state index contributed by atoms with van der Waals surface area (Å²) < 4.78 is 10.9. The highest BCUT2D eigenvalue weighted by Gasteiger charge is 2.24. The molecule has 0 saturated carbocycles. The maximum atomic E-state index is 11.4. The molecule has 0 fully saturated rings. The summed E-state index contributed by atoms with van der Waals surface area (Å²) in [5, 5.41) is 11.2. The predicted octanol–water partition coefficient (Wildman–Crippen LogP) is 3.76. The lowest BCUT2D eigenvalue weighted by atomic mass is 10.0. The van der Waals surface area contributed by atoms with Gasteiger partial charge >= 0.3 is 5.97 Å². The number of carbonyl (C=O) groups is 1. The van der Waals surface area contributed by atoms with Gasteiger partial charge in [0.15, 0.2) is 6.10 Å². The Balaban J connectivity index is 2.12. The van der Waals surface area contributed by atoms with E-state index in [1.807, 2.05) is 30.3 Å². The van der Waals surface area contributed by atoms with Crippen molar-refractivity contribution >= 4 is 17.2 Å². The Hall–Kier alpha value is -2.99. The van der Waals surface area contributed by atoms with Crippen LogP contribution in [0.2, 0.25) is 0 Å². The lowest BCUT2D eigenvalue weighted by Crippen LogP contribution is -2.24. The number of nitro groups is 1. The molecule has 1 unspecified atom stereocenters. The summed E-state index contributed by atoms with van der Waals surface area (Å²) in [4.78, 5) is 22.1. The Morgan fingerprint density at radius 2 is 1.80 bits per heavy atom. The van der Waals surface area contributed by atoms with Gasteiger partial charge in [-0.3, -0.25) is 14.9 Å². The van der Waals surface area contributed by atoms with Crippen molar-refractivity contribution in [3.8, 4) is 0 Å². The molecule has 0 spiro atoms. The van der Waals surface area contributed by atoms with Crippen molar-refractivity contribution in [2.75, 3.05) is 6.61 Å². The number of nitrogens with zero attached hydrogens (tertiary/aromatic N) is 1. The van der Waals surface area contributed by atoms with Gasteiger partial charge in [-0.05, 0) is 11.6 Å². The predicted molar refractivity (Wildman–Crippen MR) is 93.8 cm³/mol. The van der Waals surface area contributed by atoms with Gasteiger partial charge in [0.2, 0.25) is 0 Å². The largest absolute Gasteiger partial charge is 0.455 e. The first-order valence-electron chi connectivity index (χ1n) is 7.70. The Morgan fingerprint density at radius 3 is 2.44 bits per heavy atom. The maximum absolute atomic E-state index is 11.4. The van der Waals surface area contributed by atoms with Crippen LogP contribution in [0.5, 0.6) is 0 Å². The van der Waals surface area contributed by atoms with Crippen LogP contribution in [0.25, 0.3) is 5.57 Å². The summed E-state index contributed by atoms with van der Waals surface area (Å²) in [5.41, 5.74) is 1.53. The number of carbonyl (C=O) groups excluding carboxylic acids is 1. The third kappa shape index (κ3) is 5.26. The number of benzene rings is 2. The summed E-state index contributed by atoms with van der Waals surface area (Å²) in [6, 6.07) is 15.7. The van der Waals surface area contributed by atoms with Crippen molar-refractivity contribution in [2.45, 2.75) is 19.6 Å². The van der Waals surface area contributed by atoms with E-state index in [-0.39, 0.29) is 12.3 Å². The Labute approximate surface area is 145 Å². The van der Waals surface area contributed by atoms with Gasteiger partial charge in [0.1, 0.15) is 0 Å². The van der Waals surface area contributed by atoms with Crippen LogP contribution >= 0.6 is 0 Å². The molecule has 0 aromatic heterocycles. The monoisotopic (exact) mass is 341 g/mol. The van der Waals surface area contributed by atoms with E-state index < -0.39 is 17.0 Å². The second kappa shape index (κ2) is 8.75. The maximum Gasteiger partial charge on any atom is 0.303 e. The Kier molecular flexibility index (Phi) is 6.42. The first kappa shape index (κ1) is 18.4. The lowest BCUT2D eigenvalue weighted by molar-refractivity contribution is -0.385. The molecule has 2 rings (SSSR count). The standard InChI is InChI=1S/C19H19NO5/c1-14(17-10-6-7-11-18(17)20(22)23)19(25-15(2)21)13-24-12-16-8-4-3-5-9-16/h3-11,19H,1,12-13H2,2H3. The van der Waals surface area contributed by atoms with Crippen LogP contribution in [0.15, 0.2) is 61.2 Å². The molecule has 6 heteroatoms. The van der Waals surface area contributed by atoms with E-state index in [0.717, 1.165) is 5.56 Å². The van der Waals surface area contributed by atoms with Gasteiger partial charge < -0.3 is 9.47 Å². The highest BCUT2D eigenvalue weighted by atomic mass is 16.6. The van der Waals surface area contributed by atoms with Crippen LogP contribution in [0.4, 0.5) is 5.69 Å². The van der Waals surface area contributed by atoms with Gasteiger partial charge in [0.25, 0.3) is 5.69 Å². The number of rotatable bonds is 8. The fourth-order valence-corrected chi connectivity index (χ4v) is 2.34. The molecule has 0 aliphatic carbocycles. The van der Waals surface area contributed by atoms with Gasteiger partial charge in [-0.2, -0.15) is 0 Å². The van der Waals surface area contributed by atoms with Crippen molar-refractivity contribution in [3.63, 3.8) is 0 Å². The van der Waals surface area contributed by atoms with E-state index in [9.17, 15) is 14.9 Å². The van der Waals surface area contributed by atoms with Gasteiger partial charge in [-0.1, -0.05) is 49.0 Å². The molecule has 25 heavy (non-hydrogen) atoms. The lowest BCUT2D eigenvalue weighted by Gasteiger charge is -2.20. The third-order valence-corrected chi connectivity index (χ3v) is 3.52. The minimum atomic E-state index is -0.803. The zero-order valence-electron chi connectivity index (χ0n) is 13.9. The van der Waals surface area contributed by atoms with Crippen LogP contribution in [0.1, 0.15) is 18.1 Å². The topological polar surface area (TPSA) is 78.7 Å². The number of para-hydroxylation sites is 1. The molecule has 0 amide bonds. The quantitative estimate of drug-likeness (QED) is 0.415. The van der Waals surface area contributed by atoms with E-state index >= 15 is 0 Å². The van der Waals surface area contributed by atoms with Crippen molar-refractivity contribution in [1.29, 1.82) is 0 Å². The molecule has 1 atom stereocenters. The van der Waals surface area contributed by atoms with E-state index in [1.165, 1.54) is 13.0 Å². The van der Waals surface area contributed by atoms with Crippen LogP contribution in [-0.2, 0) is 20.9 Å². The summed E-state index contributed by atoms with van der Waals surface area (Å²) in [7, 11) is 0. The van der Waals surface area contributed by atoms with Crippen LogP contribution in [0.3, 0.4) is 0 Å². The number of ether oxygens (including phenoxy) is 2. The second-order valence-corrected chi connectivity index (χ2v) is 5.40. The molecule has 0 bridgehead atoms. The zero-order chi connectivity index (χ0) is 18.2. The van der Waals surface area contributed by atoms with E-state index in [0.29, 0.717) is 17.7 Å². The molecule has 0 aliphatic rings. The van der Waals surface area contributed by atoms with Crippen molar-refractivity contribution in [2.24, 2.45) is 0 Å². The molecule has 6 nitrogen and oxygen atoms in total. The molecule has 0 heterocycles. The first-order valence-corrected chi connectivity index (χ1v) is 7.70. The van der Waals surface area contributed by atoms with E-state index in [2.05, 4.69) is 6.58 Å². The van der Waals surface area contributed by atoms with Crippen LogP contribution in [-0.4, -0.2) is 23.6 Å². The first-order chi connectivity index (χ1) is 12.0. The minimum Gasteiger partial charge on any atom is -0.455 e. The van der Waals surface area contributed by atoms with Gasteiger partial charge in [0.05, 0.1) is 23.7 Å². The normalized spacial score (nSPS) is 11.6. The fraction of sp³-hybridized carbons (Fsp3) is 0.211. The average molecular weight is 341 g/mol. The Morgan fingerprint density at radius 1 is 1.16 bits per heavy atom. The molecular formula is C19H19NO5. The van der Waals surface area contributed by atoms with Crippen molar-refractivity contribution < 1.29 is 19.2 Å². The molecule has 130 valence electrons. The van der Waals surface area contributed by atoms with Crippen molar-refractivity contribution in [3.05, 3.63) is 82.4 Å². The van der Waals surface area contributed by atoms with Crippen LogP contribution in [0, 0.1) is 10.1 Å². The van der Waals surface area contributed by atoms with Gasteiger partial charge in [0, 0.05) is 18.6 Å². The average Bonchev–Trinajstić information content (AvgIpc) is 2.61. The molecule has 2 aromatic rings. The SMILES string of the molecule is C=C(c1ccccc1[N+](=O)[O-])C(COCc1ccccc1)OC(C)=O. The van der Waals surface area contributed by atoms with Crippen molar-refractivity contribution in [1.82, 2.24) is 0 Å². The highest BCUT2D eigenvalue weighted by molar-refractivity contribution is 5.76. The van der Waals surface area contributed by atoms with Gasteiger partial charge in [-0.25, -0.2) is 0 Å². The van der Waals surface area contributed by atoms with E-state index in [4.69, 9.17) is 9.47 Å².